The first-order valence-electron chi connectivity index (χ1n) is 7.52. The van der Waals surface area contributed by atoms with Crippen LogP contribution < -0.4 is 4.90 Å². The molecule has 2 aliphatic heterocycles. The normalized spacial score (nSPS) is 23.6. The summed E-state index contributed by atoms with van der Waals surface area (Å²) in [5.41, 5.74) is 0.672. The molecule has 2 saturated heterocycles. The van der Waals surface area contributed by atoms with Gasteiger partial charge in [-0.3, -0.25) is 9.78 Å². The van der Waals surface area contributed by atoms with Crippen LogP contribution in [0, 0.1) is 11.8 Å². The van der Waals surface area contributed by atoms with Crippen molar-refractivity contribution in [3.8, 4) is 0 Å². The van der Waals surface area contributed by atoms with Gasteiger partial charge in [0.1, 0.15) is 0 Å². The van der Waals surface area contributed by atoms with Gasteiger partial charge in [-0.2, -0.15) is 0 Å². The molecule has 4 heterocycles. The molecule has 6 nitrogen and oxygen atoms in total. The zero-order chi connectivity index (χ0) is 14.9. The van der Waals surface area contributed by atoms with Crippen molar-refractivity contribution in [2.75, 3.05) is 31.1 Å². The number of likely N-dealkylation sites (tertiary alicyclic amines) is 1. The quantitative estimate of drug-likeness (QED) is 0.829. The highest BCUT2D eigenvalue weighted by molar-refractivity contribution is 5.94. The van der Waals surface area contributed by atoms with Crippen molar-refractivity contribution < 1.29 is 4.79 Å². The number of fused-ring (bicyclic) bond motifs is 1. The lowest BCUT2D eigenvalue weighted by Gasteiger charge is -2.21. The van der Waals surface area contributed by atoms with Crippen LogP contribution in [-0.2, 0) is 0 Å². The Hall–Kier alpha value is -2.50. The van der Waals surface area contributed by atoms with E-state index in [4.69, 9.17) is 0 Å². The van der Waals surface area contributed by atoms with Crippen molar-refractivity contribution in [2.24, 2.45) is 11.8 Å². The van der Waals surface area contributed by atoms with Crippen LogP contribution >= 0.6 is 0 Å². The number of hydrogen-bond acceptors (Lipinski definition) is 5. The Kier molecular flexibility index (Phi) is 3.21. The van der Waals surface area contributed by atoms with E-state index in [2.05, 4.69) is 19.9 Å². The minimum Gasteiger partial charge on any atom is -0.340 e. The number of hydrogen-bond donors (Lipinski definition) is 0. The van der Waals surface area contributed by atoms with E-state index in [0.29, 0.717) is 17.4 Å². The van der Waals surface area contributed by atoms with E-state index in [1.807, 2.05) is 17.0 Å². The van der Waals surface area contributed by atoms with E-state index >= 15 is 0 Å². The summed E-state index contributed by atoms with van der Waals surface area (Å²) in [6.07, 6.45) is 6.87. The Balaban J connectivity index is 1.43. The van der Waals surface area contributed by atoms with Crippen LogP contribution in [0.15, 0.2) is 43.0 Å². The van der Waals surface area contributed by atoms with Gasteiger partial charge in [-0.05, 0) is 18.2 Å². The molecule has 0 aliphatic carbocycles. The average molecular weight is 295 g/mol. The van der Waals surface area contributed by atoms with Crippen molar-refractivity contribution >= 4 is 11.9 Å². The molecule has 112 valence electrons. The predicted molar refractivity (Wildman–Crippen MR) is 81.4 cm³/mol. The molecule has 1 amide bonds. The van der Waals surface area contributed by atoms with Gasteiger partial charge in [-0.25, -0.2) is 9.97 Å². The van der Waals surface area contributed by atoms with Crippen LogP contribution in [0.2, 0.25) is 0 Å². The van der Waals surface area contributed by atoms with Gasteiger partial charge in [0.15, 0.2) is 0 Å². The molecule has 0 bridgehead atoms. The maximum absolute atomic E-state index is 12.5. The molecule has 2 aromatic heterocycles. The molecule has 0 spiro atoms. The van der Waals surface area contributed by atoms with Crippen molar-refractivity contribution in [2.45, 2.75) is 0 Å². The smallest absolute Gasteiger partial charge is 0.255 e. The lowest BCUT2D eigenvalue weighted by molar-refractivity contribution is 0.0782. The van der Waals surface area contributed by atoms with Gasteiger partial charge >= 0.3 is 0 Å². The fraction of sp³-hybridized carbons (Fsp3) is 0.375. The number of aromatic nitrogens is 3. The maximum Gasteiger partial charge on any atom is 0.255 e. The Labute approximate surface area is 128 Å². The van der Waals surface area contributed by atoms with Crippen molar-refractivity contribution in [1.82, 2.24) is 19.9 Å². The standard InChI is InChI=1S/C16H17N5O/c22-15(12-3-1-4-17-7-12)20-8-13-10-21(11-14(13)9-20)16-18-5-2-6-19-16/h1-7,13-14H,8-11H2/t13-,14-/m0/s1. The summed E-state index contributed by atoms with van der Waals surface area (Å²) in [5.74, 6) is 1.89. The Bertz CT molecular complexity index is 649. The van der Waals surface area contributed by atoms with Crippen LogP contribution in [0.4, 0.5) is 5.95 Å². The largest absolute Gasteiger partial charge is 0.340 e. The van der Waals surface area contributed by atoms with Gasteiger partial charge in [0.2, 0.25) is 5.95 Å². The number of nitrogens with zero attached hydrogens (tertiary/aromatic N) is 5. The lowest BCUT2D eigenvalue weighted by Crippen LogP contribution is -2.33. The van der Waals surface area contributed by atoms with Gasteiger partial charge in [-0.1, -0.05) is 0 Å². The van der Waals surface area contributed by atoms with Crippen LogP contribution in [0.3, 0.4) is 0 Å². The summed E-state index contributed by atoms with van der Waals surface area (Å²) >= 11 is 0. The summed E-state index contributed by atoms with van der Waals surface area (Å²) < 4.78 is 0. The van der Waals surface area contributed by atoms with E-state index in [0.717, 1.165) is 32.1 Å². The summed E-state index contributed by atoms with van der Waals surface area (Å²) in [7, 11) is 0. The van der Waals surface area contributed by atoms with E-state index < -0.39 is 0 Å². The Morgan fingerprint density at radius 3 is 2.36 bits per heavy atom. The van der Waals surface area contributed by atoms with Crippen molar-refractivity contribution in [3.63, 3.8) is 0 Å². The highest BCUT2D eigenvalue weighted by Crippen LogP contribution is 2.33. The molecule has 0 N–H and O–H groups in total. The first-order chi connectivity index (χ1) is 10.8. The number of carbonyl (C=O) groups is 1. The second kappa shape index (κ2) is 5.36. The SMILES string of the molecule is O=C(c1cccnc1)N1C[C@H]2CN(c3ncccn3)C[C@@H]2C1. The predicted octanol–water partition coefficient (Wildman–Crippen LogP) is 1.08. The average Bonchev–Trinajstić information content (AvgIpc) is 3.15. The summed E-state index contributed by atoms with van der Waals surface area (Å²) in [6, 6.07) is 5.46. The molecular weight excluding hydrogens is 278 g/mol. The molecule has 2 fully saturated rings. The number of carbonyl (C=O) groups excluding carboxylic acids is 1. The maximum atomic E-state index is 12.5. The first kappa shape index (κ1) is 13.2. The zero-order valence-corrected chi connectivity index (χ0v) is 12.2. The molecule has 2 atom stereocenters. The molecule has 4 rings (SSSR count). The molecule has 0 unspecified atom stereocenters. The van der Waals surface area contributed by atoms with E-state index in [1.165, 1.54) is 0 Å². The van der Waals surface area contributed by atoms with Gasteiger partial charge in [0.05, 0.1) is 5.56 Å². The third kappa shape index (κ3) is 2.30. The fourth-order valence-electron chi connectivity index (χ4n) is 3.45. The van der Waals surface area contributed by atoms with Gasteiger partial charge < -0.3 is 9.80 Å². The third-order valence-corrected chi connectivity index (χ3v) is 4.52. The van der Waals surface area contributed by atoms with E-state index in [9.17, 15) is 4.79 Å². The number of amides is 1. The van der Waals surface area contributed by atoms with Crippen LogP contribution in [-0.4, -0.2) is 51.9 Å². The molecule has 2 aromatic rings. The second-order valence-electron chi connectivity index (χ2n) is 5.93. The van der Waals surface area contributed by atoms with E-state index in [1.54, 1.807) is 30.9 Å². The highest BCUT2D eigenvalue weighted by atomic mass is 16.2. The summed E-state index contributed by atoms with van der Waals surface area (Å²) in [6.45, 7) is 3.46. The van der Waals surface area contributed by atoms with Crippen molar-refractivity contribution in [3.05, 3.63) is 48.5 Å². The third-order valence-electron chi connectivity index (χ3n) is 4.52. The Morgan fingerprint density at radius 2 is 1.73 bits per heavy atom. The number of pyridine rings is 1. The molecule has 22 heavy (non-hydrogen) atoms. The number of anilines is 1. The molecule has 6 heteroatoms. The van der Waals surface area contributed by atoms with Gasteiger partial charge in [0.25, 0.3) is 5.91 Å². The monoisotopic (exact) mass is 295 g/mol. The van der Waals surface area contributed by atoms with Crippen molar-refractivity contribution in [1.29, 1.82) is 0 Å². The number of rotatable bonds is 2. The molecule has 2 aliphatic rings. The fourth-order valence-corrected chi connectivity index (χ4v) is 3.45. The highest BCUT2D eigenvalue weighted by Gasteiger charge is 2.42. The minimum absolute atomic E-state index is 0.0880. The zero-order valence-electron chi connectivity index (χ0n) is 12.2. The van der Waals surface area contributed by atoms with Gasteiger partial charge in [0, 0.05) is 62.8 Å². The van der Waals surface area contributed by atoms with Gasteiger partial charge in [-0.15, -0.1) is 0 Å². The van der Waals surface area contributed by atoms with E-state index in [-0.39, 0.29) is 5.91 Å². The van der Waals surface area contributed by atoms with Crippen LogP contribution in [0.25, 0.3) is 0 Å². The first-order valence-corrected chi connectivity index (χ1v) is 7.52. The molecule has 0 aromatic carbocycles. The molecule has 0 saturated carbocycles. The second-order valence-corrected chi connectivity index (χ2v) is 5.93. The van der Waals surface area contributed by atoms with Crippen LogP contribution in [0.5, 0.6) is 0 Å². The summed E-state index contributed by atoms with van der Waals surface area (Å²) in [4.78, 5) is 29.3. The minimum atomic E-state index is 0.0880. The molecular formula is C16H17N5O. The Morgan fingerprint density at radius 1 is 1.00 bits per heavy atom. The summed E-state index contributed by atoms with van der Waals surface area (Å²) in [5, 5.41) is 0. The van der Waals surface area contributed by atoms with Crippen LogP contribution in [0.1, 0.15) is 10.4 Å². The molecule has 0 radical (unpaired) electrons. The lowest BCUT2D eigenvalue weighted by atomic mass is 10.0. The topological polar surface area (TPSA) is 62.2 Å².